The number of likely N-dealkylation sites (N-methyl/N-ethyl adjacent to an activating group) is 1. The first kappa shape index (κ1) is 22.1. The Morgan fingerprint density at radius 1 is 0.906 bits per heavy atom. The van der Waals surface area contributed by atoms with Crippen LogP contribution in [0.15, 0.2) is 78.9 Å². The van der Waals surface area contributed by atoms with Gasteiger partial charge in [0.15, 0.2) is 0 Å². The summed E-state index contributed by atoms with van der Waals surface area (Å²) in [7, 11) is 1.88. The molecule has 4 rings (SSSR count). The molecule has 0 fully saturated rings. The van der Waals surface area contributed by atoms with Crippen LogP contribution in [0.4, 0.5) is 4.79 Å². The molecular formula is C29H33NO2. The summed E-state index contributed by atoms with van der Waals surface area (Å²) in [4.78, 5) is 14.7. The van der Waals surface area contributed by atoms with Crippen LogP contribution in [0.1, 0.15) is 54.5 Å². The molecule has 0 spiro atoms. The van der Waals surface area contributed by atoms with E-state index >= 15 is 0 Å². The first-order valence-electron chi connectivity index (χ1n) is 11.5. The van der Waals surface area contributed by atoms with Crippen molar-refractivity contribution < 1.29 is 9.53 Å². The number of rotatable bonds is 5. The van der Waals surface area contributed by atoms with Gasteiger partial charge in [-0.25, -0.2) is 4.79 Å². The molecule has 0 unspecified atom stereocenters. The number of ether oxygens (including phenoxy) is 1. The third kappa shape index (κ3) is 5.04. The fourth-order valence-corrected chi connectivity index (χ4v) is 4.76. The molecule has 0 bridgehead atoms. The van der Waals surface area contributed by atoms with Gasteiger partial charge in [-0.15, -0.1) is 0 Å². The van der Waals surface area contributed by atoms with Crippen molar-refractivity contribution in [1.29, 1.82) is 0 Å². The lowest BCUT2D eigenvalue weighted by Gasteiger charge is -2.32. The van der Waals surface area contributed by atoms with Crippen molar-refractivity contribution in [3.63, 3.8) is 0 Å². The maximum atomic E-state index is 12.9. The Labute approximate surface area is 192 Å². The van der Waals surface area contributed by atoms with E-state index in [9.17, 15) is 4.79 Å². The lowest BCUT2D eigenvalue weighted by Crippen LogP contribution is -2.43. The molecule has 0 N–H and O–H groups in total. The number of fused-ring (bicyclic) bond motifs is 1. The minimum Gasteiger partial charge on any atom is -0.444 e. The van der Waals surface area contributed by atoms with E-state index in [1.54, 1.807) is 0 Å². The minimum absolute atomic E-state index is 0.0760. The second-order valence-electron chi connectivity index (χ2n) is 9.80. The Bertz CT molecular complexity index is 1070. The van der Waals surface area contributed by atoms with Crippen LogP contribution in [0.3, 0.4) is 0 Å². The van der Waals surface area contributed by atoms with E-state index < -0.39 is 5.60 Å². The zero-order valence-electron chi connectivity index (χ0n) is 19.5. The number of hydrogen-bond acceptors (Lipinski definition) is 2. The summed E-state index contributed by atoms with van der Waals surface area (Å²) in [6.45, 7) is 5.75. The van der Waals surface area contributed by atoms with Crippen LogP contribution in [0, 0.1) is 0 Å². The Hall–Kier alpha value is -3.07. The minimum atomic E-state index is -0.505. The van der Waals surface area contributed by atoms with Crippen molar-refractivity contribution in [3.8, 4) is 0 Å². The third-order valence-electron chi connectivity index (χ3n) is 6.32. The van der Waals surface area contributed by atoms with Crippen molar-refractivity contribution in [2.24, 2.45) is 0 Å². The van der Waals surface area contributed by atoms with E-state index in [1.807, 2.05) is 32.7 Å². The summed E-state index contributed by atoms with van der Waals surface area (Å²) in [5, 5.41) is 0. The van der Waals surface area contributed by atoms with Gasteiger partial charge in [0.25, 0.3) is 0 Å². The molecule has 1 aliphatic rings. The summed E-state index contributed by atoms with van der Waals surface area (Å²) in [5.74, 6) is 0.237. The molecule has 166 valence electrons. The van der Waals surface area contributed by atoms with Gasteiger partial charge in [-0.1, -0.05) is 78.9 Å². The summed E-state index contributed by atoms with van der Waals surface area (Å²) in [6.07, 6.45) is 2.42. The molecule has 32 heavy (non-hydrogen) atoms. The van der Waals surface area contributed by atoms with E-state index in [-0.39, 0.29) is 18.1 Å². The monoisotopic (exact) mass is 427 g/mol. The molecule has 0 aromatic heterocycles. The van der Waals surface area contributed by atoms with E-state index in [0.717, 1.165) is 19.3 Å². The molecule has 0 saturated heterocycles. The van der Waals surface area contributed by atoms with Gasteiger partial charge in [-0.2, -0.15) is 0 Å². The van der Waals surface area contributed by atoms with E-state index in [4.69, 9.17) is 4.74 Å². The van der Waals surface area contributed by atoms with Gasteiger partial charge in [-0.3, -0.25) is 0 Å². The van der Waals surface area contributed by atoms with Crippen molar-refractivity contribution >= 4 is 6.09 Å². The molecule has 3 aromatic carbocycles. The van der Waals surface area contributed by atoms with Gasteiger partial charge in [0.05, 0.1) is 0 Å². The van der Waals surface area contributed by atoms with E-state index in [0.29, 0.717) is 0 Å². The molecular weight excluding hydrogens is 394 g/mol. The first-order chi connectivity index (χ1) is 15.3. The lowest BCUT2D eigenvalue weighted by atomic mass is 9.87. The number of amides is 1. The fraction of sp³-hybridized carbons (Fsp3) is 0.345. The van der Waals surface area contributed by atoms with Crippen LogP contribution in [-0.2, 0) is 24.0 Å². The van der Waals surface area contributed by atoms with Gasteiger partial charge >= 0.3 is 6.09 Å². The van der Waals surface area contributed by atoms with Crippen molar-refractivity contribution in [1.82, 2.24) is 4.90 Å². The molecule has 0 saturated carbocycles. The highest BCUT2D eigenvalue weighted by molar-refractivity contribution is 5.69. The summed E-state index contributed by atoms with van der Waals surface area (Å²) < 4.78 is 5.70. The average Bonchev–Trinajstić information content (AvgIpc) is 3.12. The number of carbonyl (C=O) groups excluding carboxylic acids is 1. The number of carbonyl (C=O) groups is 1. The topological polar surface area (TPSA) is 29.5 Å². The van der Waals surface area contributed by atoms with Gasteiger partial charge in [0.1, 0.15) is 5.60 Å². The van der Waals surface area contributed by atoms with Crippen molar-refractivity contribution in [2.75, 3.05) is 7.05 Å². The zero-order chi connectivity index (χ0) is 22.7. The predicted molar refractivity (Wildman–Crippen MR) is 130 cm³/mol. The highest BCUT2D eigenvalue weighted by atomic mass is 16.6. The maximum Gasteiger partial charge on any atom is 0.410 e. The van der Waals surface area contributed by atoms with Gasteiger partial charge in [-0.05, 0) is 67.9 Å². The largest absolute Gasteiger partial charge is 0.444 e. The lowest BCUT2D eigenvalue weighted by molar-refractivity contribution is 0.0207. The van der Waals surface area contributed by atoms with Crippen LogP contribution in [0.2, 0.25) is 0 Å². The Balaban J connectivity index is 1.62. The van der Waals surface area contributed by atoms with E-state index in [1.165, 1.54) is 27.8 Å². The molecule has 3 aromatic rings. The highest BCUT2D eigenvalue weighted by Gasteiger charge is 2.38. The standard InChI is InChI=1S/C29H33NO2/c1-29(2,3)32-28(31)30(4)27-20-24-16-10-11-17-25(24)26(27)19-23-15-9-8-14-22(23)18-21-12-6-5-7-13-21/h5-17,26-27H,18-20H2,1-4H3/t26-,27-/m1/s1. The van der Waals surface area contributed by atoms with Gasteiger partial charge in [0, 0.05) is 19.0 Å². The number of hydrogen-bond donors (Lipinski definition) is 0. The Morgan fingerprint density at radius 3 is 2.25 bits per heavy atom. The second kappa shape index (κ2) is 9.20. The predicted octanol–water partition coefficient (Wildman–Crippen LogP) is 6.40. The molecule has 2 atom stereocenters. The second-order valence-corrected chi connectivity index (χ2v) is 9.80. The number of nitrogens with zero attached hydrogens (tertiary/aromatic N) is 1. The molecule has 1 amide bonds. The third-order valence-corrected chi connectivity index (χ3v) is 6.32. The normalized spacial score (nSPS) is 17.6. The highest BCUT2D eigenvalue weighted by Crippen LogP contribution is 2.39. The quantitative estimate of drug-likeness (QED) is 0.472. The summed E-state index contributed by atoms with van der Waals surface area (Å²) in [5.41, 5.74) is 6.19. The molecule has 0 radical (unpaired) electrons. The summed E-state index contributed by atoms with van der Waals surface area (Å²) in [6, 6.07) is 28.0. The molecule has 3 nitrogen and oxygen atoms in total. The molecule has 0 heterocycles. The number of benzene rings is 3. The van der Waals surface area contributed by atoms with Crippen LogP contribution < -0.4 is 0 Å². The van der Waals surface area contributed by atoms with Gasteiger partial charge in [0.2, 0.25) is 0 Å². The maximum absolute atomic E-state index is 12.9. The Morgan fingerprint density at radius 2 is 1.53 bits per heavy atom. The molecule has 0 aliphatic heterocycles. The smallest absolute Gasteiger partial charge is 0.410 e. The van der Waals surface area contributed by atoms with Crippen LogP contribution in [0.5, 0.6) is 0 Å². The van der Waals surface area contributed by atoms with Crippen molar-refractivity contribution in [3.05, 3.63) is 107 Å². The molecule has 3 heteroatoms. The van der Waals surface area contributed by atoms with Crippen LogP contribution in [-0.4, -0.2) is 29.7 Å². The zero-order valence-corrected chi connectivity index (χ0v) is 19.5. The van der Waals surface area contributed by atoms with E-state index in [2.05, 4.69) is 78.9 Å². The fourth-order valence-electron chi connectivity index (χ4n) is 4.76. The Kier molecular flexibility index (Phi) is 6.36. The van der Waals surface area contributed by atoms with Gasteiger partial charge < -0.3 is 9.64 Å². The summed E-state index contributed by atoms with van der Waals surface area (Å²) >= 11 is 0. The van der Waals surface area contributed by atoms with Crippen LogP contribution in [0.25, 0.3) is 0 Å². The average molecular weight is 428 g/mol. The SMILES string of the molecule is CN(C(=O)OC(C)(C)C)[C@@H]1Cc2ccccc2[C@H]1Cc1ccccc1Cc1ccccc1. The van der Waals surface area contributed by atoms with Crippen LogP contribution >= 0.6 is 0 Å². The first-order valence-corrected chi connectivity index (χ1v) is 11.5. The van der Waals surface area contributed by atoms with Crippen molar-refractivity contribution in [2.45, 2.75) is 57.6 Å². The molecule has 1 aliphatic carbocycles.